The average molecular weight is 308 g/mol. The van der Waals surface area contributed by atoms with Crippen LogP contribution in [0.15, 0.2) is 34.1 Å². The molecule has 0 aromatic carbocycles. The van der Waals surface area contributed by atoms with Gasteiger partial charge in [-0.3, -0.25) is 0 Å². The van der Waals surface area contributed by atoms with Crippen LogP contribution in [0.1, 0.15) is 24.8 Å². The second kappa shape index (κ2) is 6.09. The molecule has 2 heterocycles. The molecule has 1 aromatic rings. The molecule has 1 aliphatic heterocycles. The third-order valence-corrected chi connectivity index (χ3v) is 4.11. The van der Waals surface area contributed by atoms with Gasteiger partial charge in [-0.1, -0.05) is 0 Å². The van der Waals surface area contributed by atoms with Crippen molar-refractivity contribution in [3.8, 4) is 0 Å². The van der Waals surface area contributed by atoms with Crippen LogP contribution in [-0.4, -0.2) is 31.1 Å². The van der Waals surface area contributed by atoms with Crippen molar-refractivity contribution in [2.75, 3.05) is 14.2 Å². The summed E-state index contributed by atoms with van der Waals surface area (Å²) in [5.74, 6) is -1.56. The Morgan fingerprint density at radius 3 is 2.05 bits per heavy atom. The number of hydrogen-bond donors (Lipinski definition) is 1. The molecule has 0 atom stereocenters. The number of carbonyl (C=O) groups excluding carboxylic acids is 2. The smallest absolute Gasteiger partial charge is 0.336 e. The molecule has 0 saturated heterocycles. The Bertz CT molecular complexity index is 593. The summed E-state index contributed by atoms with van der Waals surface area (Å²) in [5.41, 5.74) is 2.04. The molecule has 1 N–H and O–H groups in total. The second-order valence-corrected chi connectivity index (χ2v) is 5.42. The van der Waals surface area contributed by atoms with Gasteiger partial charge in [0.2, 0.25) is 0 Å². The third-order valence-electron chi connectivity index (χ3n) is 3.27. The van der Waals surface area contributed by atoms with E-state index in [1.807, 2.05) is 0 Å². The van der Waals surface area contributed by atoms with Crippen molar-refractivity contribution in [1.29, 1.82) is 0 Å². The van der Waals surface area contributed by atoms with E-state index >= 15 is 0 Å². The number of allylic oxidation sites excluding steroid dienone is 2. The maximum Gasteiger partial charge on any atom is 0.336 e. The van der Waals surface area contributed by atoms with Crippen molar-refractivity contribution in [2.45, 2.75) is 19.8 Å². The molecule has 0 fully saturated rings. The van der Waals surface area contributed by atoms with Gasteiger partial charge < -0.3 is 14.8 Å². The first kappa shape index (κ1) is 15.2. The minimum atomic E-state index is -0.578. The maximum atomic E-state index is 12.1. The highest BCUT2D eigenvalue weighted by Gasteiger charge is 2.38. The number of methoxy groups -OCH3 is 2. The minimum absolute atomic E-state index is 0.374. The van der Waals surface area contributed by atoms with E-state index in [0.29, 0.717) is 27.5 Å². The van der Waals surface area contributed by atoms with E-state index in [4.69, 9.17) is 9.47 Å². The van der Waals surface area contributed by atoms with Gasteiger partial charge in [0.15, 0.2) is 0 Å². The molecular weight excluding hydrogens is 292 g/mol. The first-order chi connectivity index (χ1) is 10.0. The van der Waals surface area contributed by atoms with Gasteiger partial charge in [0, 0.05) is 23.0 Å². The molecular formula is C14H16N2O4S. The highest BCUT2D eigenvalue weighted by Crippen LogP contribution is 2.39. The van der Waals surface area contributed by atoms with E-state index in [-0.39, 0.29) is 0 Å². The molecule has 21 heavy (non-hydrogen) atoms. The minimum Gasteiger partial charge on any atom is -0.466 e. The van der Waals surface area contributed by atoms with Crippen molar-refractivity contribution in [3.05, 3.63) is 39.1 Å². The standard InChI is InChI=1S/C14H16N2O4S/c1-7-9(13(17)19-3)11(12-15-5-6-21-12)10(8(2)16-7)14(18)20-4/h5-6,11,16H,1-4H3. The predicted molar refractivity (Wildman–Crippen MR) is 77.4 cm³/mol. The van der Waals surface area contributed by atoms with Gasteiger partial charge in [0.1, 0.15) is 5.01 Å². The lowest BCUT2D eigenvalue weighted by atomic mass is 9.86. The summed E-state index contributed by atoms with van der Waals surface area (Å²) in [6.07, 6.45) is 1.64. The summed E-state index contributed by atoms with van der Waals surface area (Å²) in [6.45, 7) is 3.54. The lowest BCUT2D eigenvalue weighted by molar-refractivity contribution is -0.137. The van der Waals surface area contributed by atoms with Gasteiger partial charge in [0.25, 0.3) is 0 Å². The zero-order chi connectivity index (χ0) is 15.6. The SMILES string of the molecule is COC(=O)C1=C(C)NC(C)=C(C(=O)OC)C1c1nccs1. The summed E-state index contributed by atoms with van der Waals surface area (Å²) < 4.78 is 9.70. The number of carbonyl (C=O) groups is 2. The monoisotopic (exact) mass is 308 g/mol. The molecule has 0 spiro atoms. The van der Waals surface area contributed by atoms with Crippen LogP contribution in [-0.2, 0) is 19.1 Å². The number of ether oxygens (including phenoxy) is 2. The fourth-order valence-electron chi connectivity index (χ4n) is 2.38. The van der Waals surface area contributed by atoms with Gasteiger partial charge in [-0.15, -0.1) is 11.3 Å². The largest absolute Gasteiger partial charge is 0.466 e. The van der Waals surface area contributed by atoms with E-state index in [1.165, 1.54) is 25.6 Å². The first-order valence-electron chi connectivity index (χ1n) is 6.25. The van der Waals surface area contributed by atoms with Crippen LogP contribution in [0.2, 0.25) is 0 Å². The van der Waals surface area contributed by atoms with Gasteiger partial charge in [0.05, 0.1) is 31.3 Å². The predicted octanol–water partition coefficient (Wildman–Crippen LogP) is 1.72. The molecule has 6 nitrogen and oxygen atoms in total. The van der Waals surface area contributed by atoms with Crippen LogP contribution in [0.3, 0.4) is 0 Å². The van der Waals surface area contributed by atoms with Gasteiger partial charge in [-0.2, -0.15) is 0 Å². The van der Waals surface area contributed by atoms with Crippen LogP contribution in [0.5, 0.6) is 0 Å². The molecule has 0 amide bonds. The lowest BCUT2D eigenvalue weighted by Gasteiger charge is -2.28. The molecule has 7 heteroatoms. The number of thiazole rings is 1. The summed E-state index contributed by atoms with van der Waals surface area (Å²) in [7, 11) is 2.62. The first-order valence-corrected chi connectivity index (χ1v) is 7.13. The molecule has 1 aliphatic rings. The van der Waals surface area contributed by atoms with Crippen molar-refractivity contribution < 1.29 is 19.1 Å². The lowest BCUT2D eigenvalue weighted by Crippen LogP contribution is -2.31. The molecule has 0 aliphatic carbocycles. The van der Waals surface area contributed by atoms with E-state index in [9.17, 15) is 9.59 Å². The molecule has 0 unspecified atom stereocenters. The van der Waals surface area contributed by atoms with Crippen LogP contribution in [0.4, 0.5) is 0 Å². The molecule has 0 radical (unpaired) electrons. The summed E-state index contributed by atoms with van der Waals surface area (Å²) >= 11 is 1.37. The second-order valence-electron chi connectivity index (χ2n) is 4.49. The van der Waals surface area contributed by atoms with Gasteiger partial charge in [-0.25, -0.2) is 14.6 Å². The Morgan fingerprint density at radius 2 is 1.67 bits per heavy atom. The Labute approximate surface area is 126 Å². The fourth-order valence-corrected chi connectivity index (χ4v) is 3.13. The Hall–Kier alpha value is -2.15. The highest BCUT2D eigenvalue weighted by atomic mass is 32.1. The average Bonchev–Trinajstić information content (AvgIpc) is 2.99. The van der Waals surface area contributed by atoms with Crippen molar-refractivity contribution in [2.24, 2.45) is 0 Å². The fraction of sp³-hybridized carbons (Fsp3) is 0.357. The number of esters is 2. The normalized spacial score (nSPS) is 15.8. The number of rotatable bonds is 3. The number of aromatic nitrogens is 1. The number of nitrogens with zero attached hydrogens (tertiary/aromatic N) is 1. The Kier molecular flexibility index (Phi) is 4.42. The summed E-state index contributed by atoms with van der Waals surface area (Å²) in [6, 6.07) is 0. The number of nitrogens with one attached hydrogen (secondary N) is 1. The van der Waals surface area contributed by atoms with E-state index in [0.717, 1.165) is 0 Å². The van der Waals surface area contributed by atoms with Crippen LogP contribution < -0.4 is 5.32 Å². The van der Waals surface area contributed by atoms with E-state index in [2.05, 4.69) is 10.3 Å². The van der Waals surface area contributed by atoms with Crippen molar-refractivity contribution in [1.82, 2.24) is 10.3 Å². The Morgan fingerprint density at radius 1 is 1.14 bits per heavy atom. The molecule has 112 valence electrons. The molecule has 0 saturated carbocycles. The zero-order valence-electron chi connectivity index (χ0n) is 12.2. The molecule has 2 rings (SSSR count). The molecule has 1 aromatic heterocycles. The van der Waals surface area contributed by atoms with E-state index in [1.54, 1.807) is 25.4 Å². The van der Waals surface area contributed by atoms with Gasteiger partial charge in [-0.05, 0) is 13.8 Å². The summed E-state index contributed by atoms with van der Waals surface area (Å²) in [4.78, 5) is 28.5. The van der Waals surface area contributed by atoms with Gasteiger partial charge >= 0.3 is 11.9 Å². The van der Waals surface area contributed by atoms with Crippen LogP contribution in [0, 0.1) is 0 Å². The summed E-state index contributed by atoms with van der Waals surface area (Å²) in [5, 5.41) is 5.48. The van der Waals surface area contributed by atoms with Crippen LogP contribution in [0.25, 0.3) is 0 Å². The Balaban J connectivity index is 2.63. The number of dihydropyridines is 1. The third kappa shape index (κ3) is 2.69. The van der Waals surface area contributed by atoms with Crippen LogP contribution >= 0.6 is 11.3 Å². The van der Waals surface area contributed by atoms with Crippen molar-refractivity contribution in [3.63, 3.8) is 0 Å². The van der Waals surface area contributed by atoms with Crippen molar-refractivity contribution >= 4 is 23.3 Å². The van der Waals surface area contributed by atoms with E-state index < -0.39 is 17.9 Å². The number of hydrogen-bond acceptors (Lipinski definition) is 7. The molecule has 0 bridgehead atoms. The zero-order valence-corrected chi connectivity index (χ0v) is 13.0. The quantitative estimate of drug-likeness (QED) is 0.857. The topological polar surface area (TPSA) is 77.5 Å². The highest BCUT2D eigenvalue weighted by molar-refractivity contribution is 7.09. The maximum absolute atomic E-state index is 12.1.